The number of nitrogens with two attached hydrogens (primary N) is 1. The predicted octanol–water partition coefficient (Wildman–Crippen LogP) is 4.03. The van der Waals surface area contributed by atoms with E-state index in [1.807, 2.05) is 19.1 Å². The van der Waals surface area contributed by atoms with E-state index in [9.17, 15) is 4.79 Å². The lowest BCUT2D eigenvalue weighted by molar-refractivity contribution is 0.223. The quantitative estimate of drug-likeness (QED) is 0.161. The van der Waals surface area contributed by atoms with Crippen LogP contribution >= 0.6 is 11.6 Å². The zero-order chi connectivity index (χ0) is 23.1. The molecule has 0 saturated carbocycles. The number of methoxy groups -OCH3 is 1. The number of nitrogens with zero attached hydrogens (tertiary/aromatic N) is 1. The minimum absolute atomic E-state index is 0.194. The van der Waals surface area contributed by atoms with Crippen LogP contribution in [0.1, 0.15) is 23.6 Å². The maximum Gasteiger partial charge on any atom is 0.335 e. The summed E-state index contributed by atoms with van der Waals surface area (Å²) < 4.78 is 11.2. The van der Waals surface area contributed by atoms with Gasteiger partial charge in [0.15, 0.2) is 5.88 Å². The number of carbonyl (C=O) groups excluding carboxylic acids is 1. The Hall–Kier alpha value is -3.23. The molecule has 0 saturated heterocycles. The number of aryl methyl sites for hydroxylation is 1. The van der Waals surface area contributed by atoms with E-state index in [2.05, 4.69) is 10.6 Å². The largest absolute Gasteiger partial charge is 0.487 e. The van der Waals surface area contributed by atoms with Crippen molar-refractivity contribution in [3.8, 4) is 5.75 Å². The van der Waals surface area contributed by atoms with E-state index in [0.717, 1.165) is 16.1 Å². The number of carbonyl (C=O) groups is 1. The van der Waals surface area contributed by atoms with Crippen molar-refractivity contribution in [1.29, 1.82) is 5.41 Å². The monoisotopic (exact) mass is 445 g/mol. The first-order valence-corrected chi connectivity index (χ1v) is 9.89. The average Bonchev–Trinajstić information content (AvgIpc) is 2.74. The van der Waals surface area contributed by atoms with Crippen molar-refractivity contribution in [1.82, 2.24) is 10.3 Å². The van der Waals surface area contributed by atoms with Crippen molar-refractivity contribution in [2.75, 3.05) is 26.5 Å². The Labute approximate surface area is 187 Å². The first-order valence-electron chi connectivity index (χ1n) is 9.51. The summed E-state index contributed by atoms with van der Waals surface area (Å²) in [4.78, 5) is 11.9. The Balaban J connectivity index is 2.22. The first-order chi connectivity index (χ1) is 14.7. The summed E-state index contributed by atoms with van der Waals surface area (Å²) in [6.07, 6.45) is 0. The van der Waals surface area contributed by atoms with Crippen LogP contribution in [-0.4, -0.2) is 38.0 Å². The minimum Gasteiger partial charge on any atom is -0.487 e. The highest BCUT2D eigenvalue weighted by molar-refractivity contribution is 6.32. The maximum absolute atomic E-state index is 11.9. The van der Waals surface area contributed by atoms with Gasteiger partial charge in [0.05, 0.1) is 17.8 Å². The molecule has 2 aromatic rings. The molecule has 0 aliphatic rings. The number of amides is 2. The van der Waals surface area contributed by atoms with Gasteiger partial charge in [-0.3, -0.25) is 10.4 Å². The van der Waals surface area contributed by atoms with Crippen LogP contribution in [0.25, 0.3) is 0 Å². The Morgan fingerprint density at radius 2 is 2.00 bits per heavy atom. The van der Waals surface area contributed by atoms with Crippen molar-refractivity contribution in [2.45, 2.75) is 20.5 Å². The van der Waals surface area contributed by atoms with E-state index in [0.29, 0.717) is 33.5 Å². The summed E-state index contributed by atoms with van der Waals surface area (Å²) in [5.41, 5.74) is 3.94. The van der Waals surface area contributed by atoms with Crippen LogP contribution in [0.3, 0.4) is 0 Å². The number of anilines is 1. The van der Waals surface area contributed by atoms with Crippen molar-refractivity contribution < 1.29 is 14.3 Å². The van der Waals surface area contributed by atoms with Crippen LogP contribution in [0.4, 0.5) is 10.5 Å². The van der Waals surface area contributed by atoms with Gasteiger partial charge in [0.1, 0.15) is 12.4 Å². The molecule has 2 rings (SSSR count). The number of hydrogen-bond donors (Lipinski definition) is 4. The number of ether oxygens (including phenoxy) is 2. The van der Waals surface area contributed by atoms with Crippen LogP contribution in [0.15, 0.2) is 47.9 Å². The Morgan fingerprint density at radius 1 is 1.29 bits per heavy atom. The molecule has 31 heavy (non-hydrogen) atoms. The zero-order valence-electron chi connectivity index (χ0n) is 18.3. The lowest BCUT2D eigenvalue weighted by Gasteiger charge is -2.17. The van der Waals surface area contributed by atoms with Crippen LogP contribution in [-0.2, 0) is 11.3 Å². The molecule has 8 nitrogen and oxygen atoms in total. The Morgan fingerprint density at radius 3 is 2.58 bits per heavy atom. The van der Waals surface area contributed by atoms with Gasteiger partial charge in [-0.25, -0.2) is 10.6 Å². The van der Waals surface area contributed by atoms with Gasteiger partial charge >= 0.3 is 6.03 Å². The third kappa shape index (κ3) is 5.90. The number of nitrogens with one attached hydrogen (secondary N) is 3. The van der Waals surface area contributed by atoms with E-state index < -0.39 is 6.03 Å². The fraction of sp³-hybridized carbons (Fsp3) is 0.273. The van der Waals surface area contributed by atoms with Gasteiger partial charge in [-0.05, 0) is 43.7 Å². The zero-order valence-corrected chi connectivity index (χ0v) is 19.1. The minimum atomic E-state index is -0.437. The second-order valence-corrected chi connectivity index (χ2v) is 7.27. The SMILES string of the molecule is CN/C(OC)=C(/C)C(=N)c1ccc(OCc2c(C)cccc2NC(=O)N(C)N)c(Cl)c1. The smallest absolute Gasteiger partial charge is 0.335 e. The molecule has 2 amide bonds. The van der Waals surface area contributed by atoms with E-state index in [1.165, 1.54) is 7.05 Å². The molecule has 0 heterocycles. The molecule has 2 aromatic carbocycles. The number of hydrogen-bond acceptors (Lipinski definition) is 6. The molecule has 5 N–H and O–H groups in total. The van der Waals surface area contributed by atoms with Gasteiger partial charge < -0.3 is 20.1 Å². The van der Waals surface area contributed by atoms with Crippen LogP contribution in [0.2, 0.25) is 5.02 Å². The molecule has 9 heteroatoms. The molecule has 0 aromatic heterocycles. The summed E-state index contributed by atoms with van der Waals surface area (Å²) in [6.45, 7) is 3.92. The lowest BCUT2D eigenvalue weighted by atomic mass is 10.0. The predicted molar refractivity (Wildman–Crippen MR) is 124 cm³/mol. The van der Waals surface area contributed by atoms with Crippen molar-refractivity contribution in [3.05, 3.63) is 69.6 Å². The first kappa shape index (κ1) is 24.0. The highest BCUT2D eigenvalue weighted by atomic mass is 35.5. The molecule has 166 valence electrons. The van der Waals surface area contributed by atoms with Gasteiger partial charge in [0, 0.05) is 36.5 Å². The standard InChI is InChI=1S/C22H28ClN5O3/c1-13-7-6-8-18(27-22(29)28(4)25)16(13)12-31-19-10-9-15(11-17(19)23)20(24)14(2)21(26-3)30-5/h6-11,24,26H,12,25H2,1-5H3,(H,27,29)/b21-14+,24-20?. The van der Waals surface area contributed by atoms with Crippen molar-refractivity contribution in [2.24, 2.45) is 5.84 Å². The number of halogens is 1. The van der Waals surface area contributed by atoms with Crippen LogP contribution in [0, 0.1) is 12.3 Å². The molecular formula is C22H28ClN5O3. The van der Waals surface area contributed by atoms with E-state index >= 15 is 0 Å². The fourth-order valence-electron chi connectivity index (χ4n) is 2.91. The normalized spacial score (nSPS) is 11.3. The summed E-state index contributed by atoms with van der Waals surface area (Å²) in [5.74, 6) is 6.48. The molecule has 0 bridgehead atoms. The Bertz CT molecular complexity index is 999. The summed E-state index contributed by atoms with van der Waals surface area (Å²) in [7, 11) is 4.73. The average molecular weight is 446 g/mol. The van der Waals surface area contributed by atoms with E-state index in [4.69, 9.17) is 32.3 Å². The third-order valence-electron chi connectivity index (χ3n) is 4.71. The maximum atomic E-state index is 11.9. The number of rotatable bonds is 8. The van der Waals surface area contributed by atoms with Crippen molar-refractivity contribution in [3.63, 3.8) is 0 Å². The highest BCUT2D eigenvalue weighted by Gasteiger charge is 2.14. The molecule has 0 aliphatic carbocycles. The molecule has 0 aliphatic heterocycles. The Kier molecular flexibility index (Phi) is 8.30. The highest BCUT2D eigenvalue weighted by Crippen LogP contribution is 2.29. The molecular weight excluding hydrogens is 418 g/mol. The van der Waals surface area contributed by atoms with Gasteiger partial charge in [0.25, 0.3) is 0 Å². The number of benzene rings is 2. The molecule has 0 radical (unpaired) electrons. The molecule has 0 fully saturated rings. The topological polar surface area (TPSA) is 113 Å². The summed E-state index contributed by atoms with van der Waals surface area (Å²) in [6, 6.07) is 10.3. The molecule has 0 spiro atoms. The van der Waals surface area contributed by atoms with Gasteiger partial charge in [0.2, 0.25) is 0 Å². The van der Waals surface area contributed by atoms with Crippen molar-refractivity contribution >= 4 is 29.0 Å². The number of allylic oxidation sites excluding steroid dienone is 1. The van der Waals surface area contributed by atoms with Crippen LogP contribution < -0.4 is 21.2 Å². The molecule has 0 unspecified atom stereocenters. The van der Waals surface area contributed by atoms with Gasteiger partial charge in [-0.1, -0.05) is 23.7 Å². The number of hydrazine groups is 1. The number of urea groups is 1. The van der Waals surface area contributed by atoms with E-state index in [1.54, 1.807) is 45.3 Å². The van der Waals surface area contributed by atoms with Gasteiger partial charge in [-0.2, -0.15) is 0 Å². The lowest BCUT2D eigenvalue weighted by Crippen LogP contribution is -2.37. The van der Waals surface area contributed by atoms with E-state index in [-0.39, 0.29) is 12.3 Å². The second-order valence-electron chi connectivity index (χ2n) is 6.86. The fourth-order valence-corrected chi connectivity index (χ4v) is 3.15. The van der Waals surface area contributed by atoms with Gasteiger partial charge in [-0.15, -0.1) is 0 Å². The summed E-state index contributed by atoms with van der Waals surface area (Å²) >= 11 is 6.42. The molecule has 0 atom stereocenters. The summed E-state index contributed by atoms with van der Waals surface area (Å²) in [5, 5.41) is 15.4. The second kappa shape index (κ2) is 10.7. The third-order valence-corrected chi connectivity index (χ3v) is 5.01. The van der Waals surface area contributed by atoms with Crippen LogP contribution in [0.5, 0.6) is 5.75 Å².